The highest BCUT2D eigenvalue weighted by Gasteiger charge is 2.33. The second-order valence-electron chi connectivity index (χ2n) is 8.83. The van der Waals surface area contributed by atoms with E-state index < -0.39 is 11.4 Å². The Hall–Kier alpha value is -3.10. The summed E-state index contributed by atoms with van der Waals surface area (Å²) in [6.45, 7) is 5.44. The van der Waals surface area contributed by atoms with Crippen molar-refractivity contribution in [2.75, 3.05) is 33.4 Å². The molecule has 2 heterocycles. The van der Waals surface area contributed by atoms with Crippen LogP contribution < -0.4 is 14.2 Å². The van der Waals surface area contributed by atoms with Gasteiger partial charge in [-0.3, -0.25) is 9.58 Å². The lowest BCUT2D eigenvalue weighted by Gasteiger charge is -2.38. The average Bonchev–Trinajstić information content (AvgIpc) is 3.26. The van der Waals surface area contributed by atoms with Crippen molar-refractivity contribution in [3.63, 3.8) is 0 Å². The van der Waals surface area contributed by atoms with Crippen molar-refractivity contribution in [1.82, 2.24) is 14.7 Å². The van der Waals surface area contributed by atoms with E-state index in [1.807, 2.05) is 42.2 Å². The first-order valence-electron chi connectivity index (χ1n) is 11.5. The van der Waals surface area contributed by atoms with Crippen molar-refractivity contribution in [2.24, 2.45) is 0 Å². The van der Waals surface area contributed by atoms with Crippen molar-refractivity contribution in [3.05, 3.63) is 71.8 Å². The second kappa shape index (κ2) is 10.9. The van der Waals surface area contributed by atoms with Crippen LogP contribution in [0.25, 0.3) is 0 Å². The minimum atomic E-state index is -0.957. The first kappa shape index (κ1) is 24.0. The topological polar surface area (TPSA) is 69.0 Å². The molecule has 1 aromatic heterocycles. The summed E-state index contributed by atoms with van der Waals surface area (Å²) in [4.78, 5) is 2.28. The zero-order valence-corrected chi connectivity index (χ0v) is 19.7. The highest BCUT2D eigenvalue weighted by molar-refractivity contribution is 5.43. The molecule has 1 aliphatic heterocycles. The molecule has 0 atom stereocenters. The number of rotatable bonds is 10. The minimum Gasteiger partial charge on any atom is -0.493 e. The van der Waals surface area contributed by atoms with Crippen molar-refractivity contribution in [3.8, 4) is 17.2 Å². The predicted molar refractivity (Wildman–Crippen MR) is 127 cm³/mol. The van der Waals surface area contributed by atoms with Gasteiger partial charge in [0.1, 0.15) is 18.8 Å². The molecule has 2 aromatic carbocycles. The van der Waals surface area contributed by atoms with E-state index in [0.29, 0.717) is 37.5 Å². The SMILES string of the molecule is COc1cc(CN2CCC(O)(COc3ccccc3F)CC2)ccc1OCCn1cc(C)cn1. The normalized spacial score (nSPS) is 15.8. The Morgan fingerprint density at radius 3 is 2.56 bits per heavy atom. The number of aryl methyl sites for hydroxylation is 1. The molecule has 0 bridgehead atoms. The van der Waals surface area contributed by atoms with E-state index >= 15 is 0 Å². The van der Waals surface area contributed by atoms with Gasteiger partial charge in [-0.15, -0.1) is 0 Å². The van der Waals surface area contributed by atoms with E-state index in [2.05, 4.69) is 10.00 Å². The molecule has 0 saturated carbocycles. The number of likely N-dealkylation sites (tertiary alicyclic amines) is 1. The summed E-state index contributed by atoms with van der Waals surface area (Å²) in [5, 5.41) is 15.1. The number of benzene rings is 2. The van der Waals surface area contributed by atoms with Crippen molar-refractivity contribution < 1.29 is 23.7 Å². The quantitative estimate of drug-likeness (QED) is 0.487. The van der Waals surface area contributed by atoms with E-state index in [0.717, 1.165) is 30.8 Å². The molecular weight excluding hydrogens is 437 g/mol. The lowest BCUT2D eigenvalue weighted by Crippen LogP contribution is -2.47. The molecule has 0 amide bonds. The van der Waals surface area contributed by atoms with Crippen LogP contribution in [0.4, 0.5) is 4.39 Å². The van der Waals surface area contributed by atoms with Gasteiger partial charge in [0.25, 0.3) is 0 Å². The summed E-state index contributed by atoms with van der Waals surface area (Å²) < 4.78 is 32.6. The van der Waals surface area contributed by atoms with E-state index in [1.54, 1.807) is 25.3 Å². The fourth-order valence-electron chi connectivity index (χ4n) is 4.07. The summed E-state index contributed by atoms with van der Waals surface area (Å²) >= 11 is 0. The Morgan fingerprint density at radius 2 is 1.85 bits per heavy atom. The monoisotopic (exact) mass is 469 g/mol. The van der Waals surface area contributed by atoms with Gasteiger partial charge in [-0.1, -0.05) is 18.2 Å². The van der Waals surface area contributed by atoms with Crippen molar-refractivity contribution >= 4 is 0 Å². The number of hydrogen-bond acceptors (Lipinski definition) is 6. The summed E-state index contributed by atoms with van der Waals surface area (Å²) in [6.07, 6.45) is 4.93. The Labute approximate surface area is 199 Å². The summed E-state index contributed by atoms with van der Waals surface area (Å²) in [5.74, 6) is 1.16. The Kier molecular flexibility index (Phi) is 7.70. The third-order valence-electron chi connectivity index (χ3n) is 6.09. The molecule has 1 saturated heterocycles. The molecule has 0 aliphatic carbocycles. The van der Waals surface area contributed by atoms with Crippen molar-refractivity contribution in [1.29, 1.82) is 0 Å². The Bertz CT molecular complexity index is 1080. The van der Waals surface area contributed by atoms with Crippen LogP contribution in [0.5, 0.6) is 17.2 Å². The molecule has 3 aromatic rings. The molecule has 1 aliphatic rings. The molecule has 8 heteroatoms. The van der Waals surface area contributed by atoms with Gasteiger partial charge in [-0.05, 0) is 55.2 Å². The molecule has 0 radical (unpaired) electrons. The maximum absolute atomic E-state index is 13.8. The maximum atomic E-state index is 13.8. The fraction of sp³-hybridized carbons (Fsp3) is 0.423. The van der Waals surface area contributed by atoms with Crippen LogP contribution in [-0.2, 0) is 13.1 Å². The number of methoxy groups -OCH3 is 1. The van der Waals surface area contributed by atoms with Crippen LogP contribution in [0.2, 0.25) is 0 Å². The Balaban J connectivity index is 1.26. The van der Waals surface area contributed by atoms with Gasteiger partial charge in [0.05, 0.1) is 19.9 Å². The van der Waals surface area contributed by atoms with E-state index in [9.17, 15) is 9.50 Å². The van der Waals surface area contributed by atoms with Gasteiger partial charge >= 0.3 is 0 Å². The van der Waals surface area contributed by atoms with Gasteiger partial charge in [-0.25, -0.2) is 4.39 Å². The number of halogens is 1. The number of ether oxygens (including phenoxy) is 3. The molecule has 0 unspecified atom stereocenters. The number of nitrogens with zero attached hydrogens (tertiary/aromatic N) is 3. The predicted octanol–water partition coefficient (Wildman–Crippen LogP) is 3.82. The Morgan fingerprint density at radius 1 is 1.06 bits per heavy atom. The van der Waals surface area contributed by atoms with Crippen LogP contribution in [-0.4, -0.2) is 58.8 Å². The van der Waals surface area contributed by atoms with E-state index in [-0.39, 0.29) is 12.4 Å². The highest BCUT2D eigenvalue weighted by Crippen LogP contribution is 2.30. The lowest BCUT2D eigenvalue weighted by molar-refractivity contribution is -0.0543. The van der Waals surface area contributed by atoms with Crippen LogP contribution in [0, 0.1) is 12.7 Å². The van der Waals surface area contributed by atoms with Crippen LogP contribution >= 0.6 is 0 Å². The van der Waals surface area contributed by atoms with Crippen LogP contribution in [0.3, 0.4) is 0 Å². The largest absolute Gasteiger partial charge is 0.493 e. The number of aromatic nitrogens is 2. The van der Waals surface area contributed by atoms with Gasteiger partial charge < -0.3 is 19.3 Å². The van der Waals surface area contributed by atoms with Gasteiger partial charge in [-0.2, -0.15) is 5.10 Å². The zero-order valence-electron chi connectivity index (χ0n) is 19.7. The molecule has 7 nitrogen and oxygen atoms in total. The second-order valence-corrected chi connectivity index (χ2v) is 8.83. The number of para-hydroxylation sites is 1. The average molecular weight is 470 g/mol. The highest BCUT2D eigenvalue weighted by atomic mass is 19.1. The summed E-state index contributed by atoms with van der Waals surface area (Å²) in [6, 6.07) is 12.2. The smallest absolute Gasteiger partial charge is 0.165 e. The third kappa shape index (κ3) is 6.27. The fourth-order valence-corrected chi connectivity index (χ4v) is 4.07. The maximum Gasteiger partial charge on any atom is 0.165 e. The molecule has 34 heavy (non-hydrogen) atoms. The summed E-state index contributed by atoms with van der Waals surface area (Å²) in [5.41, 5.74) is 1.28. The first-order chi connectivity index (χ1) is 16.4. The number of piperidine rings is 1. The standard InChI is InChI=1S/C26H32FN3O4/c1-20-16-28-30(17-20)13-14-33-24-8-7-21(15-25(24)32-2)18-29-11-9-26(31,10-12-29)19-34-23-6-4-3-5-22(23)27/h3-8,15-17,31H,9-14,18-19H2,1-2H3. The first-order valence-corrected chi connectivity index (χ1v) is 11.5. The van der Waals surface area contributed by atoms with E-state index in [1.165, 1.54) is 6.07 Å². The molecule has 4 rings (SSSR count). The van der Waals surface area contributed by atoms with Crippen molar-refractivity contribution in [2.45, 2.75) is 38.5 Å². The van der Waals surface area contributed by atoms with E-state index in [4.69, 9.17) is 14.2 Å². The molecular formula is C26H32FN3O4. The zero-order chi connectivity index (χ0) is 24.0. The molecule has 0 spiro atoms. The number of aliphatic hydroxyl groups is 1. The third-order valence-corrected chi connectivity index (χ3v) is 6.09. The van der Waals surface area contributed by atoms with Gasteiger partial charge in [0.15, 0.2) is 23.1 Å². The summed E-state index contributed by atoms with van der Waals surface area (Å²) in [7, 11) is 1.64. The van der Waals surface area contributed by atoms with Gasteiger partial charge in [0, 0.05) is 25.8 Å². The minimum absolute atomic E-state index is 0.0831. The lowest BCUT2D eigenvalue weighted by atomic mass is 9.92. The number of hydrogen-bond donors (Lipinski definition) is 1. The molecule has 1 fully saturated rings. The molecule has 182 valence electrons. The van der Waals surface area contributed by atoms with Crippen LogP contribution in [0.1, 0.15) is 24.0 Å². The molecule has 1 N–H and O–H groups in total. The van der Waals surface area contributed by atoms with Gasteiger partial charge in [0.2, 0.25) is 0 Å². The van der Waals surface area contributed by atoms with Crippen LogP contribution in [0.15, 0.2) is 54.9 Å².